The van der Waals surface area contributed by atoms with Crippen LogP contribution in [0, 0.1) is 0 Å². The molecule has 1 aromatic heterocycles. The maximum atomic E-state index is 5.50. The Kier molecular flexibility index (Phi) is 6.21. The van der Waals surface area contributed by atoms with Gasteiger partial charge in [-0.25, -0.2) is 0 Å². The van der Waals surface area contributed by atoms with Gasteiger partial charge in [-0.3, -0.25) is 4.98 Å². The second-order valence-corrected chi connectivity index (χ2v) is 5.84. The molecule has 1 heterocycles. The van der Waals surface area contributed by atoms with Gasteiger partial charge in [0.15, 0.2) is 0 Å². The van der Waals surface area contributed by atoms with Crippen molar-refractivity contribution in [3.63, 3.8) is 0 Å². The fraction of sp³-hybridized carbons (Fsp3) is 0.353. The maximum Gasteiger partial charge on any atom is 0.123 e. The number of hydrogen-bond donors (Lipinski definition) is 1. The highest BCUT2D eigenvalue weighted by molar-refractivity contribution is 9.10. The largest absolute Gasteiger partial charge is 0.496 e. The SMILES string of the molecule is CCCNC(Cc1ccc(Br)cn1)c1ccccc1OC. The number of hydrogen-bond acceptors (Lipinski definition) is 3. The number of nitrogens with zero attached hydrogens (tertiary/aromatic N) is 1. The van der Waals surface area contributed by atoms with Crippen molar-refractivity contribution in [2.24, 2.45) is 0 Å². The van der Waals surface area contributed by atoms with Gasteiger partial charge >= 0.3 is 0 Å². The first-order valence-corrected chi connectivity index (χ1v) is 8.00. The summed E-state index contributed by atoms with van der Waals surface area (Å²) in [6.07, 6.45) is 3.78. The third-order valence-electron chi connectivity index (χ3n) is 3.36. The van der Waals surface area contributed by atoms with Crippen LogP contribution in [0.25, 0.3) is 0 Å². The van der Waals surface area contributed by atoms with E-state index in [9.17, 15) is 0 Å². The molecule has 0 saturated carbocycles. The van der Waals surface area contributed by atoms with Crippen LogP contribution in [0.5, 0.6) is 5.75 Å². The molecule has 0 bridgehead atoms. The summed E-state index contributed by atoms with van der Waals surface area (Å²) < 4.78 is 6.50. The second kappa shape index (κ2) is 8.15. The van der Waals surface area contributed by atoms with Crippen LogP contribution >= 0.6 is 15.9 Å². The fourth-order valence-corrected chi connectivity index (χ4v) is 2.54. The molecular weight excluding hydrogens is 328 g/mol. The zero-order valence-corrected chi connectivity index (χ0v) is 14.1. The lowest BCUT2D eigenvalue weighted by molar-refractivity contribution is 0.397. The van der Waals surface area contributed by atoms with E-state index in [1.807, 2.05) is 30.5 Å². The van der Waals surface area contributed by atoms with Gasteiger partial charge in [-0.2, -0.15) is 0 Å². The first-order chi connectivity index (χ1) is 10.2. The summed E-state index contributed by atoms with van der Waals surface area (Å²) in [5, 5.41) is 3.59. The fourth-order valence-electron chi connectivity index (χ4n) is 2.30. The maximum absolute atomic E-state index is 5.50. The third kappa shape index (κ3) is 4.55. The molecule has 0 amide bonds. The van der Waals surface area contributed by atoms with Crippen LogP contribution in [-0.2, 0) is 6.42 Å². The van der Waals surface area contributed by atoms with Crippen molar-refractivity contribution in [3.05, 3.63) is 58.3 Å². The number of methoxy groups -OCH3 is 1. The molecule has 1 aromatic carbocycles. The molecule has 1 N–H and O–H groups in total. The van der Waals surface area contributed by atoms with Crippen LogP contribution in [0.3, 0.4) is 0 Å². The predicted molar refractivity (Wildman–Crippen MR) is 89.7 cm³/mol. The van der Waals surface area contributed by atoms with Crippen molar-refractivity contribution in [1.29, 1.82) is 0 Å². The monoisotopic (exact) mass is 348 g/mol. The third-order valence-corrected chi connectivity index (χ3v) is 3.83. The second-order valence-electron chi connectivity index (χ2n) is 4.92. The molecule has 2 rings (SSSR count). The molecule has 1 unspecified atom stereocenters. The van der Waals surface area contributed by atoms with Crippen molar-refractivity contribution in [3.8, 4) is 5.75 Å². The Morgan fingerprint density at radius 2 is 2.05 bits per heavy atom. The van der Waals surface area contributed by atoms with Crippen LogP contribution < -0.4 is 10.1 Å². The Hall–Kier alpha value is -1.39. The molecule has 2 aromatic rings. The van der Waals surface area contributed by atoms with E-state index in [2.05, 4.69) is 45.3 Å². The van der Waals surface area contributed by atoms with Gasteiger partial charge in [-0.05, 0) is 47.1 Å². The van der Waals surface area contributed by atoms with Crippen LogP contribution in [0.1, 0.15) is 30.6 Å². The van der Waals surface area contributed by atoms with E-state index in [-0.39, 0.29) is 6.04 Å². The lowest BCUT2D eigenvalue weighted by atomic mass is 10.0. The number of rotatable bonds is 7. The number of halogens is 1. The van der Waals surface area contributed by atoms with Crippen LogP contribution in [-0.4, -0.2) is 18.6 Å². The van der Waals surface area contributed by atoms with Crippen molar-refractivity contribution < 1.29 is 4.74 Å². The van der Waals surface area contributed by atoms with Crippen molar-refractivity contribution in [1.82, 2.24) is 10.3 Å². The normalized spacial score (nSPS) is 12.1. The zero-order chi connectivity index (χ0) is 15.1. The topological polar surface area (TPSA) is 34.2 Å². The molecule has 4 heteroatoms. The number of nitrogens with one attached hydrogen (secondary N) is 1. The highest BCUT2D eigenvalue weighted by atomic mass is 79.9. The van der Waals surface area contributed by atoms with Gasteiger partial charge in [0.25, 0.3) is 0 Å². The summed E-state index contributed by atoms with van der Waals surface area (Å²) in [4.78, 5) is 4.48. The van der Waals surface area contributed by atoms with Crippen molar-refractivity contribution in [2.45, 2.75) is 25.8 Å². The Balaban J connectivity index is 2.23. The number of ether oxygens (including phenoxy) is 1. The zero-order valence-electron chi connectivity index (χ0n) is 12.5. The minimum atomic E-state index is 0.203. The first kappa shape index (κ1) is 16.0. The Bertz CT molecular complexity index is 557. The number of benzene rings is 1. The average molecular weight is 349 g/mol. The van der Waals surface area contributed by atoms with Gasteiger partial charge in [0.2, 0.25) is 0 Å². The molecule has 21 heavy (non-hydrogen) atoms. The molecule has 0 aliphatic rings. The van der Waals surface area contributed by atoms with E-state index < -0.39 is 0 Å². The lowest BCUT2D eigenvalue weighted by Gasteiger charge is -2.21. The van der Waals surface area contributed by atoms with Crippen molar-refractivity contribution >= 4 is 15.9 Å². The molecule has 0 radical (unpaired) electrons. The molecule has 3 nitrogen and oxygen atoms in total. The van der Waals surface area contributed by atoms with E-state index >= 15 is 0 Å². The van der Waals surface area contributed by atoms with Crippen LogP contribution in [0.2, 0.25) is 0 Å². The average Bonchev–Trinajstić information content (AvgIpc) is 2.53. The minimum Gasteiger partial charge on any atom is -0.496 e. The van der Waals surface area contributed by atoms with Gasteiger partial charge in [-0.15, -0.1) is 0 Å². The summed E-state index contributed by atoms with van der Waals surface area (Å²) in [7, 11) is 1.72. The van der Waals surface area contributed by atoms with Gasteiger partial charge in [0.05, 0.1) is 7.11 Å². The van der Waals surface area contributed by atoms with Gasteiger partial charge in [0, 0.05) is 34.4 Å². The van der Waals surface area contributed by atoms with Crippen molar-refractivity contribution in [2.75, 3.05) is 13.7 Å². The molecule has 0 aliphatic carbocycles. The molecule has 0 spiro atoms. The van der Waals surface area contributed by atoms with Crippen LogP contribution in [0.4, 0.5) is 0 Å². The Morgan fingerprint density at radius 3 is 2.71 bits per heavy atom. The van der Waals surface area contributed by atoms with E-state index in [0.717, 1.165) is 35.3 Å². The van der Waals surface area contributed by atoms with Gasteiger partial charge in [-0.1, -0.05) is 25.1 Å². The quantitative estimate of drug-likeness (QED) is 0.816. The first-order valence-electron chi connectivity index (χ1n) is 7.21. The Labute approximate surface area is 134 Å². The molecule has 0 fully saturated rings. The Morgan fingerprint density at radius 1 is 1.24 bits per heavy atom. The molecule has 1 atom stereocenters. The standard InChI is InChI=1S/C17H21BrN2O/c1-3-10-19-16(11-14-9-8-13(18)12-20-14)15-6-4-5-7-17(15)21-2/h4-9,12,16,19H,3,10-11H2,1-2H3. The van der Waals surface area contributed by atoms with E-state index in [1.165, 1.54) is 5.56 Å². The summed E-state index contributed by atoms with van der Waals surface area (Å²) in [5.74, 6) is 0.920. The minimum absolute atomic E-state index is 0.203. The molecule has 0 aliphatic heterocycles. The molecule has 0 saturated heterocycles. The summed E-state index contributed by atoms with van der Waals surface area (Å²) >= 11 is 3.42. The number of pyridine rings is 1. The lowest BCUT2D eigenvalue weighted by Crippen LogP contribution is -2.25. The van der Waals surface area contributed by atoms with E-state index in [0.29, 0.717) is 0 Å². The number of aromatic nitrogens is 1. The predicted octanol–water partition coefficient (Wildman–Crippen LogP) is 4.14. The summed E-state index contributed by atoms with van der Waals surface area (Å²) in [5.41, 5.74) is 2.25. The van der Waals surface area contributed by atoms with E-state index in [1.54, 1.807) is 7.11 Å². The summed E-state index contributed by atoms with van der Waals surface area (Å²) in [6, 6.07) is 12.5. The van der Waals surface area contributed by atoms with Gasteiger partial charge in [0.1, 0.15) is 5.75 Å². The summed E-state index contributed by atoms with van der Waals surface area (Å²) in [6.45, 7) is 3.14. The highest BCUT2D eigenvalue weighted by Gasteiger charge is 2.16. The molecular formula is C17H21BrN2O. The highest BCUT2D eigenvalue weighted by Crippen LogP contribution is 2.27. The van der Waals surface area contributed by atoms with Crippen LogP contribution in [0.15, 0.2) is 47.1 Å². The molecule has 112 valence electrons. The number of para-hydroxylation sites is 1. The van der Waals surface area contributed by atoms with E-state index in [4.69, 9.17) is 4.74 Å². The smallest absolute Gasteiger partial charge is 0.123 e. The van der Waals surface area contributed by atoms with Gasteiger partial charge < -0.3 is 10.1 Å².